The van der Waals surface area contributed by atoms with Crippen LogP contribution in [0.1, 0.15) is 45.2 Å². The number of thiocarbonyl (C=S) groups is 1. The van der Waals surface area contributed by atoms with Gasteiger partial charge in [0.1, 0.15) is 5.70 Å². The van der Waals surface area contributed by atoms with Crippen molar-refractivity contribution in [1.29, 1.82) is 0 Å². The molecule has 1 aromatic carbocycles. The SMILES string of the molecule is CCCN1C(=S)NC(=O)/C1=C\c1ccc(C(C)(C)C)cc1. The molecule has 0 aromatic heterocycles. The lowest BCUT2D eigenvalue weighted by Crippen LogP contribution is -2.27. The number of carbonyl (C=O) groups excluding carboxylic acids is 1. The maximum atomic E-state index is 12.0. The molecule has 2 rings (SSSR count). The van der Waals surface area contributed by atoms with Crippen LogP contribution in [-0.4, -0.2) is 22.5 Å². The molecule has 0 aliphatic carbocycles. The van der Waals surface area contributed by atoms with E-state index < -0.39 is 0 Å². The molecule has 0 atom stereocenters. The molecule has 0 bridgehead atoms. The molecular weight excluding hydrogens is 280 g/mol. The smallest absolute Gasteiger partial charge is 0.274 e. The summed E-state index contributed by atoms with van der Waals surface area (Å²) in [5.74, 6) is -0.117. The van der Waals surface area contributed by atoms with Crippen molar-refractivity contribution in [2.24, 2.45) is 0 Å². The molecule has 21 heavy (non-hydrogen) atoms. The minimum absolute atomic E-state index is 0.117. The number of carbonyl (C=O) groups is 1. The molecule has 1 aromatic rings. The van der Waals surface area contributed by atoms with Crippen LogP contribution in [0.3, 0.4) is 0 Å². The molecule has 1 heterocycles. The van der Waals surface area contributed by atoms with E-state index >= 15 is 0 Å². The third-order valence-corrected chi connectivity index (χ3v) is 3.84. The molecule has 4 heteroatoms. The van der Waals surface area contributed by atoms with Gasteiger partial charge in [-0.3, -0.25) is 10.1 Å². The number of benzene rings is 1. The Morgan fingerprint density at radius 2 is 1.86 bits per heavy atom. The van der Waals surface area contributed by atoms with Gasteiger partial charge in [0.25, 0.3) is 5.91 Å². The van der Waals surface area contributed by atoms with Gasteiger partial charge < -0.3 is 4.90 Å². The predicted octanol–water partition coefficient (Wildman–Crippen LogP) is 3.45. The number of nitrogens with zero attached hydrogens (tertiary/aromatic N) is 1. The molecule has 0 radical (unpaired) electrons. The maximum Gasteiger partial charge on any atom is 0.274 e. The van der Waals surface area contributed by atoms with E-state index in [2.05, 4.69) is 45.1 Å². The highest BCUT2D eigenvalue weighted by Crippen LogP contribution is 2.23. The lowest BCUT2D eigenvalue weighted by atomic mass is 9.86. The third kappa shape index (κ3) is 3.50. The van der Waals surface area contributed by atoms with E-state index in [0.717, 1.165) is 18.5 Å². The Morgan fingerprint density at radius 3 is 2.38 bits per heavy atom. The van der Waals surface area contributed by atoms with Crippen molar-refractivity contribution in [3.63, 3.8) is 0 Å². The van der Waals surface area contributed by atoms with Crippen LogP contribution in [0.15, 0.2) is 30.0 Å². The zero-order valence-electron chi connectivity index (χ0n) is 13.1. The van der Waals surface area contributed by atoms with Gasteiger partial charge in [0.15, 0.2) is 5.11 Å². The standard InChI is InChI=1S/C17H22N2OS/c1-5-10-19-14(15(20)18-16(19)21)11-12-6-8-13(9-7-12)17(2,3)4/h6-9,11H,5,10H2,1-4H3,(H,18,20,21)/b14-11+. The molecule has 0 spiro atoms. The second-order valence-corrected chi connectivity index (χ2v) is 6.70. The van der Waals surface area contributed by atoms with Crippen molar-refractivity contribution in [2.75, 3.05) is 6.54 Å². The van der Waals surface area contributed by atoms with Crippen LogP contribution in [0, 0.1) is 0 Å². The van der Waals surface area contributed by atoms with Gasteiger partial charge in [-0.25, -0.2) is 0 Å². The van der Waals surface area contributed by atoms with Crippen molar-refractivity contribution in [2.45, 2.75) is 39.5 Å². The zero-order valence-corrected chi connectivity index (χ0v) is 13.9. The molecule has 112 valence electrons. The Kier molecular flexibility index (Phi) is 4.47. The fourth-order valence-electron chi connectivity index (χ4n) is 2.29. The monoisotopic (exact) mass is 302 g/mol. The summed E-state index contributed by atoms with van der Waals surface area (Å²) in [5, 5.41) is 3.21. The summed E-state index contributed by atoms with van der Waals surface area (Å²) >= 11 is 5.20. The number of hydrogen-bond acceptors (Lipinski definition) is 2. The van der Waals surface area contributed by atoms with E-state index in [9.17, 15) is 4.79 Å². The maximum absolute atomic E-state index is 12.0. The average molecular weight is 302 g/mol. The quantitative estimate of drug-likeness (QED) is 0.685. The fourth-order valence-corrected chi connectivity index (χ4v) is 2.57. The fraction of sp³-hybridized carbons (Fsp3) is 0.412. The second kappa shape index (κ2) is 5.98. The summed E-state index contributed by atoms with van der Waals surface area (Å²) < 4.78 is 0. The lowest BCUT2D eigenvalue weighted by molar-refractivity contribution is -0.115. The van der Waals surface area contributed by atoms with E-state index in [0.29, 0.717) is 10.8 Å². The Labute approximate surface area is 132 Å². The van der Waals surface area contributed by atoms with Gasteiger partial charge in [-0.1, -0.05) is 52.0 Å². The highest BCUT2D eigenvalue weighted by atomic mass is 32.1. The number of hydrogen-bond donors (Lipinski definition) is 1. The number of amides is 1. The molecule has 1 aliphatic heterocycles. The molecular formula is C17H22N2OS. The molecule has 1 fully saturated rings. The largest absolute Gasteiger partial charge is 0.314 e. The first kappa shape index (κ1) is 15.7. The minimum atomic E-state index is -0.117. The summed E-state index contributed by atoms with van der Waals surface area (Å²) in [7, 11) is 0. The Hall–Kier alpha value is -1.68. The zero-order chi connectivity index (χ0) is 15.6. The van der Waals surface area contributed by atoms with Gasteiger partial charge in [0, 0.05) is 6.54 Å². The highest BCUT2D eigenvalue weighted by Gasteiger charge is 2.29. The van der Waals surface area contributed by atoms with Crippen molar-refractivity contribution in [1.82, 2.24) is 10.2 Å². The summed E-state index contributed by atoms with van der Waals surface area (Å²) in [6, 6.07) is 8.32. The van der Waals surface area contributed by atoms with E-state index in [4.69, 9.17) is 12.2 Å². The van der Waals surface area contributed by atoms with Crippen LogP contribution in [0.25, 0.3) is 6.08 Å². The summed E-state index contributed by atoms with van der Waals surface area (Å²) in [6.07, 6.45) is 2.84. The molecule has 0 saturated carbocycles. The van der Waals surface area contributed by atoms with Gasteiger partial charge in [0.05, 0.1) is 0 Å². The van der Waals surface area contributed by atoms with Crippen molar-refractivity contribution >= 4 is 29.3 Å². The summed E-state index contributed by atoms with van der Waals surface area (Å²) in [5.41, 5.74) is 3.05. The van der Waals surface area contributed by atoms with Crippen LogP contribution in [-0.2, 0) is 10.2 Å². The van der Waals surface area contributed by atoms with E-state index in [1.165, 1.54) is 5.56 Å². The molecule has 1 aliphatic rings. The van der Waals surface area contributed by atoms with Gasteiger partial charge in [-0.05, 0) is 41.3 Å². The van der Waals surface area contributed by atoms with E-state index in [-0.39, 0.29) is 11.3 Å². The number of rotatable bonds is 3. The highest BCUT2D eigenvalue weighted by molar-refractivity contribution is 7.80. The normalized spacial score (nSPS) is 17.5. The van der Waals surface area contributed by atoms with E-state index in [1.54, 1.807) is 0 Å². The Bertz CT molecular complexity index is 582. The first-order valence-electron chi connectivity index (χ1n) is 7.28. The lowest BCUT2D eigenvalue weighted by Gasteiger charge is -2.19. The Morgan fingerprint density at radius 1 is 1.24 bits per heavy atom. The van der Waals surface area contributed by atoms with Crippen LogP contribution in [0.4, 0.5) is 0 Å². The van der Waals surface area contributed by atoms with Gasteiger partial charge in [-0.2, -0.15) is 0 Å². The van der Waals surface area contributed by atoms with Crippen LogP contribution in [0.5, 0.6) is 0 Å². The van der Waals surface area contributed by atoms with Gasteiger partial charge in [0.2, 0.25) is 0 Å². The van der Waals surface area contributed by atoms with Crippen molar-refractivity contribution in [3.05, 3.63) is 41.1 Å². The number of nitrogens with one attached hydrogen (secondary N) is 1. The first-order chi connectivity index (χ1) is 9.82. The predicted molar refractivity (Wildman–Crippen MR) is 90.9 cm³/mol. The average Bonchev–Trinajstić information content (AvgIpc) is 2.66. The van der Waals surface area contributed by atoms with Crippen LogP contribution in [0.2, 0.25) is 0 Å². The van der Waals surface area contributed by atoms with Crippen molar-refractivity contribution < 1.29 is 4.79 Å². The van der Waals surface area contributed by atoms with Crippen LogP contribution >= 0.6 is 12.2 Å². The second-order valence-electron chi connectivity index (χ2n) is 6.31. The summed E-state index contributed by atoms with van der Waals surface area (Å²) in [4.78, 5) is 13.9. The van der Waals surface area contributed by atoms with Gasteiger partial charge in [-0.15, -0.1) is 0 Å². The molecule has 1 saturated heterocycles. The van der Waals surface area contributed by atoms with Crippen LogP contribution < -0.4 is 5.32 Å². The molecule has 0 unspecified atom stereocenters. The molecule has 1 N–H and O–H groups in total. The van der Waals surface area contributed by atoms with Crippen molar-refractivity contribution in [3.8, 4) is 0 Å². The third-order valence-electron chi connectivity index (χ3n) is 3.52. The minimum Gasteiger partial charge on any atom is -0.314 e. The topological polar surface area (TPSA) is 32.3 Å². The first-order valence-corrected chi connectivity index (χ1v) is 7.69. The van der Waals surface area contributed by atoms with Gasteiger partial charge >= 0.3 is 0 Å². The van der Waals surface area contributed by atoms with E-state index in [1.807, 2.05) is 23.1 Å². The molecule has 1 amide bonds. The summed E-state index contributed by atoms with van der Waals surface area (Å²) in [6.45, 7) is 9.38. The molecule has 3 nitrogen and oxygen atoms in total. The Balaban J connectivity index is 2.29.